The van der Waals surface area contributed by atoms with E-state index in [0.29, 0.717) is 24.4 Å². The third kappa shape index (κ3) is 3.62. The Hall–Kier alpha value is -0.770. The number of nitrogens with one attached hydrogen (secondary N) is 1. The minimum absolute atomic E-state index is 0.0732. The average Bonchev–Trinajstić information content (AvgIpc) is 2.44. The normalized spacial score (nSPS) is 36.1. The van der Waals surface area contributed by atoms with E-state index in [0.717, 1.165) is 25.8 Å². The highest BCUT2D eigenvalue weighted by atomic mass is 16.3. The molecule has 2 N–H and O–H groups in total. The highest BCUT2D eigenvalue weighted by molar-refractivity contribution is 5.74. The van der Waals surface area contributed by atoms with Crippen molar-refractivity contribution in [1.82, 2.24) is 10.2 Å². The molecule has 1 saturated carbocycles. The number of nitrogens with zero attached hydrogens (tertiary/aromatic N) is 1. The number of carbonyl (C=O) groups excluding carboxylic acids is 1. The van der Waals surface area contributed by atoms with Gasteiger partial charge < -0.3 is 15.3 Å². The summed E-state index contributed by atoms with van der Waals surface area (Å²) in [6.45, 7) is 6.27. The number of amides is 2. The largest absolute Gasteiger partial charge is 0.396 e. The summed E-state index contributed by atoms with van der Waals surface area (Å²) in [5, 5.41) is 12.4. The van der Waals surface area contributed by atoms with Crippen LogP contribution in [-0.2, 0) is 0 Å². The zero-order chi connectivity index (χ0) is 13.8. The van der Waals surface area contributed by atoms with Crippen molar-refractivity contribution in [2.24, 2.45) is 17.8 Å². The van der Waals surface area contributed by atoms with Crippen LogP contribution in [0.25, 0.3) is 0 Å². The van der Waals surface area contributed by atoms with Crippen molar-refractivity contribution >= 4 is 6.03 Å². The van der Waals surface area contributed by atoms with Gasteiger partial charge in [0, 0.05) is 25.7 Å². The monoisotopic (exact) mass is 268 g/mol. The average molecular weight is 268 g/mol. The zero-order valence-electron chi connectivity index (χ0n) is 12.3. The van der Waals surface area contributed by atoms with Gasteiger partial charge in [-0.2, -0.15) is 0 Å². The molecule has 0 bridgehead atoms. The minimum atomic E-state index is 0.0732. The van der Waals surface area contributed by atoms with E-state index in [1.807, 2.05) is 4.90 Å². The lowest BCUT2D eigenvalue weighted by Gasteiger charge is -2.38. The van der Waals surface area contributed by atoms with Gasteiger partial charge in [0.25, 0.3) is 0 Å². The molecule has 4 atom stereocenters. The summed E-state index contributed by atoms with van der Waals surface area (Å²) in [6.07, 6.45) is 5.65. The lowest BCUT2D eigenvalue weighted by Crippen LogP contribution is -2.52. The van der Waals surface area contributed by atoms with Crippen molar-refractivity contribution in [3.05, 3.63) is 0 Å². The molecule has 0 aromatic rings. The van der Waals surface area contributed by atoms with Crippen LogP contribution in [0.1, 0.15) is 46.0 Å². The van der Waals surface area contributed by atoms with Gasteiger partial charge >= 0.3 is 6.03 Å². The maximum atomic E-state index is 12.3. The molecule has 1 aliphatic heterocycles. The van der Waals surface area contributed by atoms with Crippen LogP contribution in [0.4, 0.5) is 4.79 Å². The van der Waals surface area contributed by atoms with Crippen LogP contribution in [0.3, 0.4) is 0 Å². The summed E-state index contributed by atoms with van der Waals surface area (Å²) in [5.41, 5.74) is 0. The maximum absolute atomic E-state index is 12.3. The first-order valence-corrected chi connectivity index (χ1v) is 7.78. The molecule has 2 rings (SSSR count). The van der Waals surface area contributed by atoms with E-state index in [4.69, 9.17) is 0 Å². The van der Waals surface area contributed by atoms with Crippen molar-refractivity contribution in [3.8, 4) is 0 Å². The fraction of sp³-hybridized carbons (Fsp3) is 0.933. The molecule has 110 valence electrons. The van der Waals surface area contributed by atoms with Gasteiger partial charge in [-0.15, -0.1) is 0 Å². The summed E-state index contributed by atoms with van der Waals surface area (Å²) in [6, 6.07) is 0.398. The van der Waals surface area contributed by atoms with Crippen molar-refractivity contribution < 1.29 is 9.90 Å². The van der Waals surface area contributed by atoms with Gasteiger partial charge in [0.1, 0.15) is 0 Å². The van der Waals surface area contributed by atoms with Crippen LogP contribution in [0.5, 0.6) is 0 Å². The van der Waals surface area contributed by atoms with Crippen LogP contribution >= 0.6 is 0 Å². The fourth-order valence-electron chi connectivity index (χ4n) is 3.43. The van der Waals surface area contributed by atoms with Gasteiger partial charge in [0.2, 0.25) is 0 Å². The molecule has 1 heterocycles. The highest BCUT2D eigenvalue weighted by Gasteiger charge is 2.30. The van der Waals surface area contributed by atoms with Gasteiger partial charge in [-0.3, -0.25) is 0 Å². The van der Waals surface area contributed by atoms with Crippen LogP contribution in [-0.4, -0.2) is 41.8 Å². The van der Waals surface area contributed by atoms with E-state index in [9.17, 15) is 9.90 Å². The van der Waals surface area contributed by atoms with Gasteiger partial charge in [0.05, 0.1) is 0 Å². The molecule has 2 amide bonds. The van der Waals surface area contributed by atoms with Gasteiger partial charge in [-0.05, 0) is 37.0 Å². The number of urea groups is 1. The zero-order valence-corrected chi connectivity index (χ0v) is 12.3. The first-order valence-electron chi connectivity index (χ1n) is 7.78. The summed E-state index contributed by atoms with van der Waals surface area (Å²) >= 11 is 0. The summed E-state index contributed by atoms with van der Waals surface area (Å²) in [5.74, 6) is 1.53. The molecule has 1 saturated heterocycles. The molecule has 19 heavy (non-hydrogen) atoms. The smallest absolute Gasteiger partial charge is 0.317 e. The number of likely N-dealkylation sites (tertiary alicyclic amines) is 1. The predicted octanol–water partition coefficient (Wildman–Crippen LogP) is 2.23. The van der Waals surface area contributed by atoms with Crippen molar-refractivity contribution in [2.75, 3.05) is 19.7 Å². The highest BCUT2D eigenvalue weighted by Crippen LogP contribution is 2.29. The molecule has 0 spiro atoms. The molecule has 0 aromatic carbocycles. The molecule has 4 nitrogen and oxygen atoms in total. The Bertz CT molecular complexity index is 309. The molecular weight excluding hydrogens is 240 g/mol. The van der Waals surface area contributed by atoms with E-state index in [1.165, 1.54) is 12.8 Å². The van der Waals surface area contributed by atoms with E-state index in [-0.39, 0.29) is 18.6 Å². The van der Waals surface area contributed by atoms with Crippen molar-refractivity contribution in [2.45, 2.75) is 52.0 Å². The molecule has 2 fully saturated rings. The number of hydrogen-bond acceptors (Lipinski definition) is 2. The topological polar surface area (TPSA) is 52.6 Å². The second kappa shape index (κ2) is 6.60. The SMILES string of the molecule is C[C@H]1[C@H](C)CCC[C@@H]1NC(=O)N1CCC[C@@H](CO)C1. The first kappa shape index (κ1) is 14.6. The predicted molar refractivity (Wildman–Crippen MR) is 75.9 cm³/mol. The minimum Gasteiger partial charge on any atom is -0.396 e. The Morgan fingerprint density at radius 2 is 2.05 bits per heavy atom. The second-order valence-corrected chi connectivity index (χ2v) is 6.46. The maximum Gasteiger partial charge on any atom is 0.317 e. The lowest BCUT2D eigenvalue weighted by atomic mass is 9.78. The first-order chi connectivity index (χ1) is 9.11. The number of hydrogen-bond donors (Lipinski definition) is 2. The van der Waals surface area contributed by atoms with E-state index in [2.05, 4.69) is 19.2 Å². The molecule has 4 heteroatoms. The Morgan fingerprint density at radius 1 is 1.26 bits per heavy atom. The summed E-state index contributed by atoms with van der Waals surface area (Å²) < 4.78 is 0. The summed E-state index contributed by atoms with van der Waals surface area (Å²) in [7, 11) is 0. The van der Waals surface area contributed by atoms with Crippen LogP contribution in [0.2, 0.25) is 0 Å². The van der Waals surface area contributed by atoms with E-state index in [1.54, 1.807) is 0 Å². The van der Waals surface area contributed by atoms with Gasteiger partial charge in [-0.1, -0.05) is 26.7 Å². The van der Waals surface area contributed by atoms with E-state index < -0.39 is 0 Å². The van der Waals surface area contributed by atoms with Gasteiger partial charge in [0.15, 0.2) is 0 Å². The number of aliphatic hydroxyl groups excluding tert-OH is 1. The Labute approximate surface area is 116 Å². The molecule has 2 aliphatic rings. The Morgan fingerprint density at radius 3 is 2.79 bits per heavy atom. The molecule has 1 aliphatic carbocycles. The number of piperidine rings is 1. The van der Waals surface area contributed by atoms with Crippen molar-refractivity contribution in [1.29, 1.82) is 0 Å². The fourth-order valence-corrected chi connectivity index (χ4v) is 3.43. The summed E-state index contributed by atoms with van der Waals surface area (Å²) in [4.78, 5) is 14.2. The lowest BCUT2D eigenvalue weighted by molar-refractivity contribution is 0.121. The van der Waals surface area contributed by atoms with Gasteiger partial charge in [-0.25, -0.2) is 4.79 Å². The number of carbonyl (C=O) groups is 1. The van der Waals surface area contributed by atoms with Crippen LogP contribution < -0.4 is 5.32 Å². The van der Waals surface area contributed by atoms with Crippen LogP contribution in [0.15, 0.2) is 0 Å². The van der Waals surface area contributed by atoms with Crippen molar-refractivity contribution in [3.63, 3.8) is 0 Å². The molecule has 0 unspecified atom stereocenters. The quantitative estimate of drug-likeness (QED) is 0.807. The third-order valence-corrected chi connectivity index (χ3v) is 5.08. The molecule has 0 aromatic heterocycles. The van der Waals surface area contributed by atoms with E-state index >= 15 is 0 Å². The molecule has 0 radical (unpaired) electrons. The Kier molecular flexibility index (Phi) is 5.08. The Balaban J connectivity index is 1.86. The second-order valence-electron chi connectivity index (χ2n) is 6.46. The van der Waals surface area contributed by atoms with Crippen LogP contribution in [0, 0.1) is 17.8 Å². The number of aliphatic hydroxyl groups is 1. The standard InChI is InChI=1S/C15H28N2O2/c1-11-5-3-7-14(12(11)2)16-15(19)17-8-4-6-13(9-17)10-18/h11-14,18H,3-10H2,1-2H3,(H,16,19)/t11-,12+,13-,14+/m1/s1. The third-order valence-electron chi connectivity index (χ3n) is 5.08. The number of rotatable bonds is 2. The molecular formula is C15H28N2O2.